The van der Waals surface area contributed by atoms with Gasteiger partial charge < -0.3 is 15.0 Å². The first kappa shape index (κ1) is 18.6. The number of anilines is 1. The third-order valence-electron chi connectivity index (χ3n) is 4.44. The Labute approximate surface area is 154 Å². The number of nitrogens with one attached hydrogen (secondary N) is 1. The molecule has 0 radical (unpaired) electrons. The monoisotopic (exact) mass is 376 g/mol. The molecule has 0 saturated carbocycles. The van der Waals surface area contributed by atoms with Crippen molar-refractivity contribution in [3.63, 3.8) is 0 Å². The van der Waals surface area contributed by atoms with Gasteiger partial charge in [0.05, 0.1) is 7.11 Å². The second kappa shape index (κ2) is 8.03. The van der Waals surface area contributed by atoms with E-state index in [9.17, 15) is 8.42 Å². The van der Waals surface area contributed by atoms with Crippen molar-refractivity contribution >= 4 is 15.8 Å². The van der Waals surface area contributed by atoms with Crippen LogP contribution < -0.4 is 10.1 Å². The Hall–Kier alpha value is -2.16. The van der Waals surface area contributed by atoms with Crippen molar-refractivity contribution < 1.29 is 13.2 Å². The van der Waals surface area contributed by atoms with Crippen LogP contribution in [-0.4, -0.2) is 62.9 Å². The first-order chi connectivity index (χ1) is 12.5. The van der Waals surface area contributed by atoms with Gasteiger partial charge in [0.2, 0.25) is 10.0 Å². The number of likely N-dealkylation sites (N-methyl/N-ethyl adjacent to an activating group) is 1. The van der Waals surface area contributed by atoms with E-state index in [1.807, 2.05) is 31.3 Å². The van der Waals surface area contributed by atoms with Crippen LogP contribution in [0.3, 0.4) is 0 Å². The molecule has 1 saturated heterocycles. The van der Waals surface area contributed by atoms with Crippen LogP contribution in [-0.2, 0) is 16.6 Å². The highest BCUT2D eigenvalue weighted by Gasteiger charge is 2.27. The molecule has 1 aromatic carbocycles. The number of sulfonamides is 1. The van der Waals surface area contributed by atoms with Gasteiger partial charge in [0.25, 0.3) is 0 Å². The number of nitrogens with zero attached hydrogens (tertiary/aromatic N) is 3. The second-order valence-electron chi connectivity index (χ2n) is 6.29. The van der Waals surface area contributed by atoms with Gasteiger partial charge in [0.1, 0.15) is 16.5 Å². The topological polar surface area (TPSA) is 74.8 Å². The summed E-state index contributed by atoms with van der Waals surface area (Å²) in [6.45, 7) is 3.08. The third-order valence-corrected chi connectivity index (χ3v) is 6.33. The highest BCUT2D eigenvalue weighted by Crippen LogP contribution is 2.19. The van der Waals surface area contributed by atoms with Crippen molar-refractivity contribution in [1.82, 2.24) is 14.2 Å². The van der Waals surface area contributed by atoms with Crippen LogP contribution in [0.2, 0.25) is 0 Å². The molecule has 2 heterocycles. The van der Waals surface area contributed by atoms with E-state index < -0.39 is 10.0 Å². The zero-order chi connectivity index (χ0) is 18.6. The van der Waals surface area contributed by atoms with Gasteiger partial charge in [-0.05, 0) is 36.9 Å². The molecule has 1 fully saturated rings. The van der Waals surface area contributed by atoms with Gasteiger partial charge in [0, 0.05) is 38.9 Å². The average Bonchev–Trinajstić information content (AvgIpc) is 2.67. The normalized spacial score (nSPS) is 16.4. The van der Waals surface area contributed by atoms with E-state index in [0.29, 0.717) is 25.5 Å². The van der Waals surface area contributed by atoms with Gasteiger partial charge in [-0.2, -0.15) is 4.31 Å². The van der Waals surface area contributed by atoms with E-state index in [2.05, 4.69) is 15.2 Å². The van der Waals surface area contributed by atoms with Crippen LogP contribution in [0, 0.1) is 0 Å². The molecule has 1 N–H and O–H groups in total. The van der Waals surface area contributed by atoms with Crippen LogP contribution in [0.4, 0.5) is 5.82 Å². The Kier molecular flexibility index (Phi) is 5.75. The highest BCUT2D eigenvalue weighted by atomic mass is 32.2. The van der Waals surface area contributed by atoms with Crippen LogP contribution in [0.15, 0.2) is 47.5 Å². The number of hydrogen-bond donors (Lipinski definition) is 1. The van der Waals surface area contributed by atoms with E-state index in [1.165, 1.54) is 10.5 Å². The minimum atomic E-state index is -3.48. The fourth-order valence-corrected chi connectivity index (χ4v) is 4.16. The quantitative estimate of drug-likeness (QED) is 0.826. The molecule has 1 aromatic heterocycles. The maximum Gasteiger partial charge on any atom is 0.244 e. The summed E-state index contributed by atoms with van der Waals surface area (Å²) in [6, 6.07) is 11.0. The smallest absolute Gasteiger partial charge is 0.244 e. The predicted molar refractivity (Wildman–Crippen MR) is 101 cm³/mol. The summed E-state index contributed by atoms with van der Waals surface area (Å²) in [5.74, 6) is 1.43. The van der Waals surface area contributed by atoms with Gasteiger partial charge in [0.15, 0.2) is 0 Å². The number of methoxy groups -OCH3 is 1. The van der Waals surface area contributed by atoms with Crippen LogP contribution in [0.25, 0.3) is 0 Å². The third kappa shape index (κ3) is 4.32. The first-order valence-corrected chi connectivity index (χ1v) is 9.94. The lowest BCUT2D eigenvalue weighted by Gasteiger charge is -2.31. The number of pyridine rings is 1. The van der Waals surface area contributed by atoms with Gasteiger partial charge in [-0.25, -0.2) is 13.4 Å². The Balaban J connectivity index is 1.64. The summed E-state index contributed by atoms with van der Waals surface area (Å²) in [5, 5.41) is 3.19. The van der Waals surface area contributed by atoms with E-state index >= 15 is 0 Å². The number of hydrogen-bond acceptors (Lipinski definition) is 6. The minimum Gasteiger partial charge on any atom is -0.497 e. The molecule has 0 aliphatic carbocycles. The van der Waals surface area contributed by atoms with Gasteiger partial charge in [-0.15, -0.1) is 0 Å². The van der Waals surface area contributed by atoms with E-state index in [1.54, 1.807) is 19.2 Å². The van der Waals surface area contributed by atoms with Crippen LogP contribution in [0.5, 0.6) is 5.75 Å². The highest BCUT2D eigenvalue weighted by molar-refractivity contribution is 7.89. The molecule has 3 rings (SSSR count). The van der Waals surface area contributed by atoms with Crippen molar-refractivity contribution in [1.29, 1.82) is 0 Å². The number of benzene rings is 1. The Bertz CT molecular complexity index is 832. The number of ether oxygens (including phenoxy) is 1. The molecule has 2 aromatic rings. The minimum absolute atomic E-state index is 0.231. The van der Waals surface area contributed by atoms with Crippen molar-refractivity contribution in [2.24, 2.45) is 0 Å². The summed E-state index contributed by atoms with van der Waals surface area (Å²) in [6.07, 6.45) is 1.42. The number of rotatable bonds is 6. The molecule has 0 amide bonds. The second-order valence-corrected chi connectivity index (χ2v) is 8.23. The van der Waals surface area contributed by atoms with Crippen LogP contribution in [0.1, 0.15) is 5.56 Å². The summed E-state index contributed by atoms with van der Waals surface area (Å²) in [5.41, 5.74) is 1.06. The fraction of sp³-hybridized carbons (Fsp3) is 0.389. The van der Waals surface area contributed by atoms with Crippen molar-refractivity contribution in [3.05, 3.63) is 48.2 Å². The standard InChI is InChI=1S/C18H24N4O3S/c1-21-8-10-22(11-9-21)26(23,24)17-6-7-18(20-14-17)19-13-15-4-3-5-16(12-15)25-2/h3-7,12,14H,8-11,13H2,1-2H3,(H,19,20). The van der Waals surface area contributed by atoms with Gasteiger partial charge in [-0.3, -0.25) is 0 Å². The van der Waals surface area contributed by atoms with Gasteiger partial charge >= 0.3 is 0 Å². The zero-order valence-electron chi connectivity index (χ0n) is 15.1. The molecule has 0 atom stereocenters. The van der Waals surface area contributed by atoms with Gasteiger partial charge in [-0.1, -0.05) is 12.1 Å². The summed E-state index contributed by atoms with van der Waals surface area (Å²) >= 11 is 0. The van der Waals surface area contributed by atoms with Crippen molar-refractivity contribution in [2.75, 3.05) is 45.7 Å². The molecule has 0 bridgehead atoms. The molecule has 0 spiro atoms. The van der Waals surface area contributed by atoms with E-state index in [0.717, 1.165) is 24.4 Å². The average molecular weight is 376 g/mol. The molecule has 1 aliphatic heterocycles. The number of piperazine rings is 1. The fourth-order valence-electron chi connectivity index (χ4n) is 2.79. The molecule has 140 valence electrons. The molecule has 26 heavy (non-hydrogen) atoms. The molecule has 7 nitrogen and oxygen atoms in total. The summed E-state index contributed by atoms with van der Waals surface area (Å²) in [4.78, 5) is 6.61. The lowest BCUT2D eigenvalue weighted by molar-refractivity contribution is 0.222. The lowest BCUT2D eigenvalue weighted by atomic mass is 10.2. The molecular formula is C18H24N4O3S. The maximum absolute atomic E-state index is 12.7. The Morgan fingerprint density at radius 3 is 2.58 bits per heavy atom. The molecule has 8 heteroatoms. The Morgan fingerprint density at radius 1 is 1.15 bits per heavy atom. The van der Waals surface area contributed by atoms with E-state index in [4.69, 9.17) is 4.74 Å². The molecule has 0 unspecified atom stereocenters. The zero-order valence-corrected chi connectivity index (χ0v) is 15.9. The predicted octanol–water partition coefficient (Wildman–Crippen LogP) is 1.64. The summed E-state index contributed by atoms with van der Waals surface area (Å²) in [7, 11) is 0.148. The molecular weight excluding hydrogens is 352 g/mol. The van der Waals surface area contributed by atoms with E-state index in [-0.39, 0.29) is 4.90 Å². The van der Waals surface area contributed by atoms with Crippen molar-refractivity contribution in [2.45, 2.75) is 11.4 Å². The SMILES string of the molecule is COc1cccc(CNc2ccc(S(=O)(=O)N3CCN(C)CC3)cn2)c1. The first-order valence-electron chi connectivity index (χ1n) is 8.50. The lowest BCUT2D eigenvalue weighted by Crippen LogP contribution is -2.47. The Morgan fingerprint density at radius 2 is 1.92 bits per heavy atom. The molecule has 1 aliphatic rings. The van der Waals surface area contributed by atoms with Crippen LogP contribution >= 0.6 is 0 Å². The van der Waals surface area contributed by atoms with Crippen molar-refractivity contribution in [3.8, 4) is 5.75 Å². The number of aromatic nitrogens is 1. The summed E-state index contributed by atoms with van der Waals surface area (Å²) < 4.78 is 32.1. The maximum atomic E-state index is 12.7. The largest absolute Gasteiger partial charge is 0.497 e.